The van der Waals surface area contributed by atoms with Crippen molar-refractivity contribution >= 4 is 21.6 Å². The van der Waals surface area contributed by atoms with Crippen molar-refractivity contribution in [2.75, 3.05) is 18.0 Å². The number of rotatable bonds is 3. The first-order valence-corrected chi connectivity index (χ1v) is 8.67. The molecule has 2 nitrogen and oxygen atoms in total. The lowest BCUT2D eigenvalue weighted by Crippen LogP contribution is -2.65. The number of anilines is 1. The molecule has 2 unspecified atom stereocenters. The molecule has 1 aliphatic carbocycles. The van der Waals surface area contributed by atoms with Crippen molar-refractivity contribution in [2.45, 2.75) is 45.2 Å². The SMILES string of the molecule is CC(C)C1CNC(C)(C2CC2)CN1c1ccc(F)cc1Br. The number of benzene rings is 1. The molecule has 1 N–H and O–H groups in total. The second-order valence-electron chi connectivity index (χ2n) is 7.11. The topological polar surface area (TPSA) is 15.3 Å². The van der Waals surface area contributed by atoms with Crippen LogP contribution in [0.5, 0.6) is 0 Å². The summed E-state index contributed by atoms with van der Waals surface area (Å²) < 4.78 is 14.3. The molecule has 1 aromatic rings. The van der Waals surface area contributed by atoms with Gasteiger partial charge in [0, 0.05) is 29.1 Å². The number of nitrogens with zero attached hydrogens (tertiary/aromatic N) is 1. The first kappa shape index (κ1) is 15.3. The molecule has 21 heavy (non-hydrogen) atoms. The lowest BCUT2D eigenvalue weighted by Gasteiger charge is -2.49. The number of halogens is 2. The van der Waals surface area contributed by atoms with Crippen LogP contribution < -0.4 is 10.2 Å². The van der Waals surface area contributed by atoms with Crippen LogP contribution in [0.1, 0.15) is 33.6 Å². The molecule has 2 aliphatic rings. The minimum absolute atomic E-state index is 0.180. The van der Waals surface area contributed by atoms with E-state index in [0.29, 0.717) is 12.0 Å². The summed E-state index contributed by atoms with van der Waals surface area (Å²) in [5, 5.41) is 3.79. The van der Waals surface area contributed by atoms with Gasteiger partial charge in [-0.05, 0) is 65.7 Å². The van der Waals surface area contributed by atoms with E-state index in [1.54, 1.807) is 12.1 Å². The Hall–Kier alpha value is -0.610. The zero-order valence-electron chi connectivity index (χ0n) is 13.0. The maximum absolute atomic E-state index is 13.4. The van der Waals surface area contributed by atoms with Gasteiger partial charge in [0.1, 0.15) is 5.82 Å². The van der Waals surface area contributed by atoms with Gasteiger partial charge in [0.15, 0.2) is 0 Å². The fourth-order valence-corrected chi connectivity index (χ4v) is 4.12. The van der Waals surface area contributed by atoms with E-state index in [2.05, 4.69) is 46.9 Å². The Labute approximate surface area is 135 Å². The third kappa shape index (κ3) is 2.98. The Balaban J connectivity index is 1.93. The Morgan fingerprint density at radius 2 is 2.10 bits per heavy atom. The fraction of sp³-hybridized carbons (Fsp3) is 0.647. The van der Waals surface area contributed by atoms with Crippen LogP contribution >= 0.6 is 15.9 Å². The van der Waals surface area contributed by atoms with E-state index in [-0.39, 0.29) is 11.4 Å². The molecular weight excluding hydrogens is 331 g/mol. The molecule has 1 saturated carbocycles. The Bertz CT molecular complexity index is 530. The largest absolute Gasteiger partial charge is 0.364 e. The van der Waals surface area contributed by atoms with Crippen LogP contribution in [0.15, 0.2) is 22.7 Å². The molecule has 1 aliphatic heterocycles. The lowest BCUT2D eigenvalue weighted by molar-refractivity contribution is 0.233. The second-order valence-corrected chi connectivity index (χ2v) is 7.96. The van der Waals surface area contributed by atoms with E-state index in [9.17, 15) is 4.39 Å². The van der Waals surface area contributed by atoms with Gasteiger partial charge >= 0.3 is 0 Å². The van der Waals surface area contributed by atoms with Gasteiger partial charge in [-0.15, -0.1) is 0 Å². The molecule has 0 spiro atoms. The van der Waals surface area contributed by atoms with Crippen LogP contribution in [0.25, 0.3) is 0 Å². The summed E-state index contributed by atoms with van der Waals surface area (Å²) in [6.45, 7) is 8.85. The van der Waals surface area contributed by atoms with Gasteiger partial charge in [-0.2, -0.15) is 0 Å². The monoisotopic (exact) mass is 354 g/mol. The van der Waals surface area contributed by atoms with Gasteiger partial charge in [-0.25, -0.2) is 4.39 Å². The highest BCUT2D eigenvalue weighted by Crippen LogP contribution is 2.43. The number of piperazine rings is 1. The quantitative estimate of drug-likeness (QED) is 0.875. The molecule has 0 radical (unpaired) electrons. The van der Waals surface area contributed by atoms with Crippen LogP contribution in [0.2, 0.25) is 0 Å². The summed E-state index contributed by atoms with van der Waals surface area (Å²) >= 11 is 3.55. The van der Waals surface area contributed by atoms with Crippen LogP contribution in [-0.2, 0) is 0 Å². The average Bonchev–Trinajstić information content (AvgIpc) is 3.22. The maximum Gasteiger partial charge on any atom is 0.124 e. The number of nitrogens with one attached hydrogen (secondary N) is 1. The van der Waals surface area contributed by atoms with E-state index >= 15 is 0 Å². The third-order valence-electron chi connectivity index (χ3n) is 5.08. The Kier molecular flexibility index (Phi) is 4.04. The van der Waals surface area contributed by atoms with Gasteiger partial charge in [0.2, 0.25) is 0 Å². The molecule has 0 amide bonds. The molecular formula is C17H24BrFN2. The lowest BCUT2D eigenvalue weighted by atomic mass is 9.87. The molecule has 116 valence electrons. The van der Waals surface area contributed by atoms with Crippen LogP contribution in [0.3, 0.4) is 0 Å². The first-order chi connectivity index (χ1) is 9.90. The Morgan fingerprint density at radius 3 is 2.67 bits per heavy atom. The summed E-state index contributed by atoms with van der Waals surface area (Å²) in [7, 11) is 0. The molecule has 2 atom stereocenters. The molecule has 1 heterocycles. The van der Waals surface area contributed by atoms with E-state index in [4.69, 9.17) is 0 Å². The van der Waals surface area contributed by atoms with Gasteiger partial charge in [0.05, 0.1) is 5.69 Å². The van der Waals surface area contributed by atoms with Gasteiger partial charge in [0.25, 0.3) is 0 Å². The summed E-state index contributed by atoms with van der Waals surface area (Å²) in [4.78, 5) is 2.48. The molecule has 2 fully saturated rings. The van der Waals surface area contributed by atoms with E-state index in [1.165, 1.54) is 12.8 Å². The molecule has 0 aromatic heterocycles. The molecule has 3 rings (SSSR count). The minimum Gasteiger partial charge on any atom is -0.364 e. The van der Waals surface area contributed by atoms with Gasteiger partial charge in [-0.1, -0.05) is 13.8 Å². The van der Waals surface area contributed by atoms with Crippen molar-refractivity contribution in [3.05, 3.63) is 28.5 Å². The number of hydrogen-bond donors (Lipinski definition) is 1. The Morgan fingerprint density at radius 1 is 1.38 bits per heavy atom. The van der Waals surface area contributed by atoms with E-state index < -0.39 is 0 Å². The smallest absolute Gasteiger partial charge is 0.124 e. The van der Waals surface area contributed by atoms with Crippen molar-refractivity contribution in [3.8, 4) is 0 Å². The molecule has 1 aromatic carbocycles. The second kappa shape index (κ2) is 5.54. The van der Waals surface area contributed by atoms with Gasteiger partial charge in [-0.3, -0.25) is 0 Å². The highest BCUT2D eigenvalue weighted by atomic mass is 79.9. The van der Waals surface area contributed by atoms with E-state index in [1.807, 2.05) is 6.07 Å². The molecule has 4 heteroatoms. The van der Waals surface area contributed by atoms with Crippen molar-refractivity contribution in [2.24, 2.45) is 11.8 Å². The maximum atomic E-state index is 13.4. The predicted octanol–water partition coefficient (Wildman–Crippen LogP) is 4.19. The summed E-state index contributed by atoms with van der Waals surface area (Å²) in [6, 6.07) is 5.49. The summed E-state index contributed by atoms with van der Waals surface area (Å²) in [5.41, 5.74) is 1.29. The highest BCUT2D eigenvalue weighted by molar-refractivity contribution is 9.10. The molecule has 0 bridgehead atoms. The van der Waals surface area contributed by atoms with Crippen LogP contribution in [-0.4, -0.2) is 24.7 Å². The van der Waals surface area contributed by atoms with Crippen molar-refractivity contribution < 1.29 is 4.39 Å². The molecule has 1 saturated heterocycles. The normalized spacial score (nSPS) is 30.0. The van der Waals surface area contributed by atoms with Gasteiger partial charge < -0.3 is 10.2 Å². The van der Waals surface area contributed by atoms with Crippen LogP contribution in [0.4, 0.5) is 10.1 Å². The number of hydrogen-bond acceptors (Lipinski definition) is 2. The first-order valence-electron chi connectivity index (χ1n) is 7.87. The zero-order chi connectivity index (χ0) is 15.2. The van der Waals surface area contributed by atoms with Crippen molar-refractivity contribution in [1.82, 2.24) is 5.32 Å². The summed E-state index contributed by atoms with van der Waals surface area (Å²) in [5.74, 6) is 1.15. The fourth-order valence-electron chi connectivity index (χ4n) is 3.54. The van der Waals surface area contributed by atoms with Crippen molar-refractivity contribution in [1.29, 1.82) is 0 Å². The summed E-state index contributed by atoms with van der Waals surface area (Å²) in [6.07, 6.45) is 2.66. The predicted molar refractivity (Wildman–Crippen MR) is 89.2 cm³/mol. The third-order valence-corrected chi connectivity index (χ3v) is 5.72. The standard InChI is InChI=1S/C17H24BrFN2/c1-11(2)16-9-20-17(3,12-4-5-12)10-21(16)15-7-6-13(19)8-14(15)18/h6-8,11-12,16,20H,4-5,9-10H2,1-3H3. The minimum atomic E-state index is -0.188. The van der Waals surface area contributed by atoms with Crippen LogP contribution in [0, 0.1) is 17.7 Å². The average molecular weight is 355 g/mol. The van der Waals surface area contributed by atoms with E-state index in [0.717, 1.165) is 29.2 Å². The highest BCUT2D eigenvalue weighted by Gasteiger charge is 2.46. The van der Waals surface area contributed by atoms with Crippen molar-refractivity contribution in [3.63, 3.8) is 0 Å². The zero-order valence-corrected chi connectivity index (χ0v) is 14.6.